The number of alkyl halides is 2. The van der Waals surface area contributed by atoms with Crippen molar-refractivity contribution >= 4 is 17.6 Å². The molecule has 0 aliphatic rings. The Morgan fingerprint density at radius 2 is 2.19 bits per heavy atom. The molecule has 0 aromatic heterocycles. The normalized spacial score (nSPS) is 10.3. The Morgan fingerprint density at radius 1 is 1.50 bits per heavy atom. The first kappa shape index (κ1) is 12.7. The van der Waals surface area contributed by atoms with E-state index in [-0.39, 0.29) is 22.9 Å². The molecule has 16 heavy (non-hydrogen) atoms. The standard InChI is InChI=1S/C10H9ClF2O3/c1-2-15-9(14)6-3-4-7(11)8(5-6)16-10(12)13/h3-5,10H,2H2,1H3. The van der Waals surface area contributed by atoms with Crippen molar-refractivity contribution in [3.05, 3.63) is 28.8 Å². The number of carbonyl (C=O) groups excluding carboxylic acids is 1. The van der Waals surface area contributed by atoms with Gasteiger partial charge in [-0.2, -0.15) is 8.78 Å². The topological polar surface area (TPSA) is 35.5 Å². The van der Waals surface area contributed by atoms with Crippen LogP contribution in [0.5, 0.6) is 5.75 Å². The number of rotatable bonds is 4. The molecule has 1 aromatic rings. The van der Waals surface area contributed by atoms with E-state index in [0.717, 1.165) is 6.07 Å². The fourth-order valence-electron chi connectivity index (χ4n) is 1.03. The lowest BCUT2D eigenvalue weighted by molar-refractivity contribution is -0.0498. The number of benzene rings is 1. The highest BCUT2D eigenvalue weighted by molar-refractivity contribution is 6.32. The number of carbonyl (C=O) groups is 1. The molecule has 6 heteroatoms. The number of hydrogen-bond acceptors (Lipinski definition) is 3. The van der Waals surface area contributed by atoms with Gasteiger partial charge in [0.25, 0.3) is 0 Å². The number of ether oxygens (including phenoxy) is 2. The van der Waals surface area contributed by atoms with Gasteiger partial charge in [-0.3, -0.25) is 0 Å². The summed E-state index contributed by atoms with van der Waals surface area (Å²) in [6.07, 6.45) is 0. The van der Waals surface area contributed by atoms with Crippen molar-refractivity contribution < 1.29 is 23.0 Å². The van der Waals surface area contributed by atoms with E-state index < -0.39 is 12.6 Å². The van der Waals surface area contributed by atoms with Crippen LogP contribution in [-0.4, -0.2) is 19.2 Å². The van der Waals surface area contributed by atoms with Crippen molar-refractivity contribution in [2.45, 2.75) is 13.5 Å². The monoisotopic (exact) mass is 250 g/mol. The summed E-state index contributed by atoms with van der Waals surface area (Å²) in [5.74, 6) is -0.861. The van der Waals surface area contributed by atoms with Crippen LogP contribution in [0.15, 0.2) is 18.2 Å². The summed E-state index contributed by atoms with van der Waals surface area (Å²) in [5, 5.41) is 0.00773. The Hall–Kier alpha value is -1.36. The molecule has 0 atom stereocenters. The molecule has 0 saturated carbocycles. The maximum atomic E-state index is 12.0. The minimum Gasteiger partial charge on any atom is -0.462 e. The molecule has 0 bridgehead atoms. The third-order valence-corrected chi connectivity index (χ3v) is 1.97. The van der Waals surface area contributed by atoms with Gasteiger partial charge in [0.15, 0.2) is 0 Å². The SMILES string of the molecule is CCOC(=O)c1ccc(Cl)c(OC(F)F)c1. The third-order valence-electron chi connectivity index (χ3n) is 1.66. The van der Waals surface area contributed by atoms with Crippen LogP contribution in [0.1, 0.15) is 17.3 Å². The molecule has 1 rings (SSSR count). The fraction of sp³-hybridized carbons (Fsp3) is 0.300. The highest BCUT2D eigenvalue weighted by Gasteiger charge is 2.13. The van der Waals surface area contributed by atoms with E-state index >= 15 is 0 Å². The first-order chi connectivity index (χ1) is 7.54. The van der Waals surface area contributed by atoms with Gasteiger partial charge in [0.2, 0.25) is 0 Å². The second-order valence-corrected chi connectivity index (χ2v) is 3.15. The average molecular weight is 251 g/mol. The van der Waals surface area contributed by atoms with E-state index in [9.17, 15) is 13.6 Å². The zero-order valence-corrected chi connectivity index (χ0v) is 9.13. The van der Waals surface area contributed by atoms with E-state index in [1.165, 1.54) is 12.1 Å². The van der Waals surface area contributed by atoms with Gasteiger partial charge in [0.05, 0.1) is 17.2 Å². The predicted octanol–water partition coefficient (Wildman–Crippen LogP) is 3.12. The molecule has 0 fully saturated rings. The zero-order chi connectivity index (χ0) is 12.1. The molecule has 0 radical (unpaired) electrons. The lowest BCUT2D eigenvalue weighted by Crippen LogP contribution is -2.07. The Morgan fingerprint density at radius 3 is 2.75 bits per heavy atom. The summed E-state index contributed by atoms with van der Waals surface area (Å²) in [4.78, 5) is 11.3. The molecule has 1 aromatic carbocycles. The molecule has 0 N–H and O–H groups in total. The number of esters is 1. The largest absolute Gasteiger partial charge is 0.462 e. The van der Waals surface area contributed by atoms with Crippen LogP contribution in [-0.2, 0) is 4.74 Å². The molecule has 3 nitrogen and oxygen atoms in total. The van der Waals surface area contributed by atoms with Crippen molar-refractivity contribution in [3.8, 4) is 5.75 Å². The summed E-state index contributed by atoms with van der Waals surface area (Å²) in [7, 11) is 0. The lowest BCUT2D eigenvalue weighted by Gasteiger charge is -2.08. The Balaban J connectivity index is 2.93. The van der Waals surface area contributed by atoms with Gasteiger partial charge in [0, 0.05) is 0 Å². The minimum absolute atomic E-state index is 0.00773. The quantitative estimate of drug-likeness (QED) is 0.770. The maximum absolute atomic E-state index is 12.0. The molecule has 0 saturated heterocycles. The van der Waals surface area contributed by atoms with Crippen LogP contribution in [0, 0.1) is 0 Å². The molecule has 0 spiro atoms. The van der Waals surface area contributed by atoms with Gasteiger partial charge in [-0.05, 0) is 25.1 Å². The zero-order valence-electron chi connectivity index (χ0n) is 8.38. The molecule has 88 valence electrons. The third kappa shape index (κ3) is 3.34. The van der Waals surface area contributed by atoms with Crippen LogP contribution in [0.25, 0.3) is 0 Å². The van der Waals surface area contributed by atoms with Crippen molar-refractivity contribution in [1.29, 1.82) is 0 Å². The van der Waals surface area contributed by atoms with E-state index in [0.29, 0.717) is 0 Å². The second-order valence-electron chi connectivity index (χ2n) is 2.74. The second kappa shape index (κ2) is 5.65. The van der Waals surface area contributed by atoms with Gasteiger partial charge >= 0.3 is 12.6 Å². The van der Waals surface area contributed by atoms with Crippen molar-refractivity contribution in [2.75, 3.05) is 6.61 Å². The number of halogens is 3. The fourth-order valence-corrected chi connectivity index (χ4v) is 1.19. The summed E-state index contributed by atoms with van der Waals surface area (Å²) >= 11 is 5.61. The molecular weight excluding hydrogens is 242 g/mol. The average Bonchev–Trinajstić information content (AvgIpc) is 2.21. The van der Waals surface area contributed by atoms with Crippen LogP contribution in [0.2, 0.25) is 5.02 Å². The molecule has 0 aliphatic carbocycles. The Bertz CT molecular complexity index is 382. The van der Waals surface area contributed by atoms with Crippen LogP contribution < -0.4 is 4.74 Å². The van der Waals surface area contributed by atoms with Gasteiger partial charge in [0.1, 0.15) is 5.75 Å². The molecule has 0 heterocycles. The summed E-state index contributed by atoms with van der Waals surface area (Å²) in [6.45, 7) is -1.15. The Labute approximate surface area is 95.9 Å². The van der Waals surface area contributed by atoms with Gasteiger partial charge in [-0.15, -0.1) is 0 Å². The smallest absolute Gasteiger partial charge is 0.387 e. The molecule has 0 amide bonds. The Kier molecular flexibility index (Phi) is 4.49. The van der Waals surface area contributed by atoms with Crippen molar-refractivity contribution in [1.82, 2.24) is 0 Å². The van der Waals surface area contributed by atoms with E-state index in [4.69, 9.17) is 16.3 Å². The van der Waals surface area contributed by atoms with E-state index in [1.807, 2.05) is 0 Å². The highest BCUT2D eigenvalue weighted by atomic mass is 35.5. The summed E-state index contributed by atoms with van der Waals surface area (Å²) < 4.78 is 32.8. The van der Waals surface area contributed by atoms with Gasteiger partial charge in [-0.1, -0.05) is 11.6 Å². The predicted molar refractivity (Wildman–Crippen MR) is 54.0 cm³/mol. The first-order valence-corrected chi connectivity index (χ1v) is 4.84. The van der Waals surface area contributed by atoms with Crippen LogP contribution in [0.3, 0.4) is 0 Å². The van der Waals surface area contributed by atoms with Crippen molar-refractivity contribution in [3.63, 3.8) is 0 Å². The first-order valence-electron chi connectivity index (χ1n) is 4.46. The van der Waals surface area contributed by atoms with Gasteiger partial charge in [-0.25, -0.2) is 4.79 Å². The maximum Gasteiger partial charge on any atom is 0.387 e. The molecular formula is C10H9ClF2O3. The minimum atomic E-state index is -2.99. The van der Waals surface area contributed by atoms with E-state index in [1.54, 1.807) is 6.92 Å². The summed E-state index contributed by atoms with van der Waals surface area (Å²) in [6, 6.07) is 3.79. The highest BCUT2D eigenvalue weighted by Crippen LogP contribution is 2.27. The van der Waals surface area contributed by atoms with Gasteiger partial charge < -0.3 is 9.47 Å². The number of hydrogen-bond donors (Lipinski definition) is 0. The lowest BCUT2D eigenvalue weighted by atomic mass is 10.2. The summed E-state index contributed by atoms with van der Waals surface area (Å²) in [5.41, 5.74) is 0.113. The van der Waals surface area contributed by atoms with Crippen LogP contribution in [0.4, 0.5) is 8.78 Å². The van der Waals surface area contributed by atoms with Crippen molar-refractivity contribution in [2.24, 2.45) is 0 Å². The molecule has 0 unspecified atom stereocenters. The van der Waals surface area contributed by atoms with Crippen LogP contribution >= 0.6 is 11.6 Å². The van der Waals surface area contributed by atoms with E-state index in [2.05, 4.69) is 4.74 Å². The molecule has 0 aliphatic heterocycles.